The first kappa shape index (κ1) is 25.1. The van der Waals surface area contributed by atoms with E-state index in [1.165, 1.54) is 81.8 Å². The predicted octanol–water partition coefficient (Wildman–Crippen LogP) is 8.99. The summed E-state index contributed by atoms with van der Waals surface area (Å²) in [4.78, 5) is 12.7. The smallest absolute Gasteiger partial charge is 0.338 e. The Labute approximate surface area is 197 Å². The molecule has 1 fully saturated rings. The van der Waals surface area contributed by atoms with E-state index in [9.17, 15) is 4.79 Å². The molecule has 2 aliphatic rings. The second-order valence-corrected chi connectivity index (χ2v) is 10.6. The van der Waals surface area contributed by atoms with Crippen LogP contribution in [0.25, 0.3) is 5.57 Å². The number of ether oxygens (including phenoxy) is 1. The van der Waals surface area contributed by atoms with Crippen molar-refractivity contribution >= 4 is 11.5 Å². The van der Waals surface area contributed by atoms with E-state index in [0.29, 0.717) is 5.56 Å². The number of hydrogen-bond donors (Lipinski definition) is 0. The lowest BCUT2D eigenvalue weighted by molar-refractivity contribution is 0.0161. The third kappa shape index (κ3) is 7.78. The van der Waals surface area contributed by atoms with Crippen LogP contribution in [-0.2, 0) is 4.74 Å². The van der Waals surface area contributed by atoms with Crippen LogP contribution < -0.4 is 0 Å². The standard InChI is InChI=1S/C30H46O2/c1-4-6-7-8-9-24-12-20-29(21-13-24)32-30(31)28-18-16-27(17-19-28)26-14-10-25(11-15-26)22-23(3)5-2/h14,16-19,23-25,29H,4-13,15,20-22H2,1-3H3/t23?,24-,25?,29-. The minimum absolute atomic E-state index is 0.109. The van der Waals surface area contributed by atoms with Gasteiger partial charge in [0, 0.05) is 0 Å². The number of esters is 1. The summed E-state index contributed by atoms with van der Waals surface area (Å²) in [5.74, 6) is 2.37. The SMILES string of the molecule is CCCCCC[C@H]1CC[C@H](OC(=O)c2ccc(C3=CCC(CC(C)CC)CC3)cc2)CC1. The Morgan fingerprint density at radius 2 is 1.72 bits per heavy atom. The van der Waals surface area contributed by atoms with Crippen LogP contribution in [0.5, 0.6) is 0 Å². The van der Waals surface area contributed by atoms with Gasteiger partial charge in [0.05, 0.1) is 5.56 Å². The molecule has 0 radical (unpaired) electrons. The molecule has 2 unspecified atom stereocenters. The highest BCUT2D eigenvalue weighted by molar-refractivity contribution is 5.90. The van der Waals surface area contributed by atoms with Crippen molar-refractivity contribution in [1.82, 2.24) is 0 Å². The van der Waals surface area contributed by atoms with Crippen LogP contribution >= 0.6 is 0 Å². The second-order valence-electron chi connectivity index (χ2n) is 10.6. The Bertz CT molecular complexity index is 709. The largest absolute Gasteiger partial charge is 0.459 e. The van der Waals surface area contributed by atoms with Crippen molar-refractivity contribution in [3.63, 3.8) is 0 Å². The van der Waals surface area contributed by atoms with E-state index in [2.05, 4.69) is 39.0 Å². The normalized spacial score (nSPS) is 24.6. The number of rotatable bonds is 11. The molecule has 1 aromatic carbocycles. The highest BCUT2D eigenvalue weighted by Crippen LogP contribution is 2.34. The van der Waals surface area contributed by atoms with Crippen LogP contribution in [0, 0.1) is 17.8 Å². The molecule has 0 N–H and O–H groups in total. The summed E-state index contributed by atoms with van der Waals surface area (Å²) in [5, 5.41) is 0. The van der Waals surface area contributed by atoms with Crippen molar-refractivity contribution in [2.24, 2.45) is 17.8 Å². The molecular weight excluding hydrogens is 392 g/mol. The number of allylic oxidation sites excluding steroid dienone is 2. The monoisotopic (exact) mass is 438 g/mol. The van der Waals surface area contributed by atoms with Crippen molar-refractivity contribution in [3.05, 3.63) is 41.5 Å². The molecule has 0 saturated heterocycles. The lowest BCUT2D eigenvalue weighted by Crippen LogP contribution is -2.24. The zero-order valence-electron chi connectivity index (χ0n) is 20.9. The fourth-order valence-corrected chi connectivity index (χ4v) is 5.54. The Hall–Kier alpha value is -1.57. The van der Waals surface area contributed by atoms with Gasteiger partial charge in [-0.15, -0.1) is 0 Å². The summed E-state index contributed by atoms with van der Waals surface area (Å²) in [6.07, 6.45) is 20.1. The van der Waals surface area contributed by atoms with Gasteiger partial charge in [-0.2, -0.15) is 0 Å². The van der Waals surface area contributed by atoms with Gasteiger partial charge in [-0.05, 0) is 92.4 Å². The fraction of sp³-hybridized carbons (Fsp3) is 0.700. The zero-order chi connectivity index (χ0) is 22.8. The van der Waals surface area contributed by atoms with Crippen molar-refractivity contribution in [3.8, 4) is 0 Å². The van der Waals surface area contributed by atoms with Gasteiger partial charge in [0.25, 0.3) is 0 Å². The van der Waals surface area contributed by atoms with Gasteiger partial charge >= 0.3 is 5.97 Å². The Kier molecular flexibility index (Phi) is 10.3. The summed E-state index contributed by atoms with van der Waals surface area (Å²) in [7, 11) is 0. The molecule has 0 bridgehead atoms. The van der Waals surface area contributed by atoms with Gasteiger partial charge in [0.2, 0.25) is 0 Å². The van der Waals surface area contributed by atoms with Crippen molar-refractivity contribution in [2.75, 3.05) is 0 Å². The molecule has 32 heavy (non-hydrogen) atoms. The van der Waals surface area contributed by atoms with Crippen molar-refractivity contribution in [1.29, 1.82) is 0 Å². The van der Waals surface area contributed by atoms with E-state index in [1.807, 2.05) is 12.1 Å². The van der Waals surface area contributed by atoms with Crippen LogP contribution in [0.1, 0.15) is 127 Å². The Morgan fingerprint density at radius 3 is 2.34 bits per heavy atom. The number of unbranched alkanes of at least 4 members (excludes halogenated alkanes) is 3. The molecule has 0 aromatic heterocycles. The summed E-state index contributed by atoms with van der Waals surface area (Å²) >= 11 is 0. The van der Waals surface area contributed by atoms with E-state index in [-0.39, 0.29) is 12.1 Å². The van der Waals surface area contributed by atoms with E-state index in [0.717, 1.165) is 37.0 Å². The average Bonchev–Trinajstić information content (AvgIpc) is 2.83. The molecule has 0 heterocycles. The van der Waals surface area contributed by atoms with Crippen LogP contribution in [0.3, 0.4) is 0 Å². The molecule has 178 valence electrons. The first-order valence-electron chi connectivity index (χ1n) is 13.6. The predicted molar refractivity (Wildman–Crippen MR) is 136 cm³/mol. The summed E-state index contributed by atoms with van der Waals surface area (Å²) < 4.78 is 5.86. The zero-order valence-corrected chi connectivity index (χ0v) is 20.9. The Balaban J connectivity index is 1.42. The molecule has 2 atom stereocenters. The first-order valence-corrected chi connectivity index (χ1v) is 13.6. The number of carbonyl (C=O) groups is 1. The Morgan fingerprint density at radius 1 is 0.969 bits per heavy atom. The quantitative estimate of drug-likeness (QED) is 0.254. The summed E-state index contributed by atoms with van der Waals surface area (Å²) in [6, 6.07) is 8.15. The minimum atomic E-state index is -0.144. The fourth-order valence-electron chi connectivity index (χ4n) is 5.54. The van der Waals surface area contributed by atoms with E-state index in [4.69, 9.17) is 4.74 Å². The topological polar surface area (TPSA) is 26.3 Å². The highest BCUT2D eigenvalue weighted by atomic mass is 16.5. The van der Waals surface area contributed by atoms with Gasteiger partial charge in [-0.3, -0.25) is 0 Å². The first-order chi connectivity index (χ1) is 15.6. The van der Waals surface area contributed by atoms with E-state index < -0.39 is 0 Å². The van der Waals surface area contributed by atoms with Crippen molar-refractivity contribution < 1.29 is 9.53 Å². The maximum atomic E-state index is 12.7. The number of carbonyl (C=O) groups excluding carboxylic acids is 1. The molecule has 1 aromatic rings. The van der Waals surface area contributed by atoms with Gasteiger partial charge in [-0.25, -0.2) is 4.79 Å². The van der Waals surface area contributed by atoms with Crippen LogP contribution in [-0.4, -0.2) is 12.1 Å². The molecule has 2 nitrogen and oxygen atoms in total. The third-order valence-corrected chi connectivity index (χ3v) is 7.98. The van der Waals surface area contributed by atoms with Crippen LogP contribution in [0.4, 0.5) is 0 Å². The molecule has 2 heteroatoms. The molecule has 1 saturated carbocycles. The van der Waals surface area contributed by atoms with E-state index >= 15 is 0 Å². The maximum Gasteiger partial charge on any atom is 0.338 e. The number of hydrogen-bond acceptors (Lipinski definition) is 2. The summed E-state index contributed by atoms with van der Waals surface area (Å²) in [6.45, 7) is 6.93. The minimum Gasteiger partial charge on any atom is -0.459 e. The van der Waals surface area contributed by atoms with Gasteiger partial charge < -0.3 is 4.74 Å². The lowest BCUT2D eigenvalue weighted by Gasteiger charge is -2.28. The van der Waals surface area contributed by atoms with Gasteiger partial charge in [-0.1, -0.05) is 77.5 Å². The van der Waals surface area contributed by atoms with Crippen LogP contribution in [0.2, 0.25) is 0 Å². The number of benzene rings is 1. The highest BCUT2D eigenvalue weighted by Gasteiger charge is 2.24. The van der Waals surface area contributed by atoms with E-state index in [1.54, 1.807) is 0 Å². The molecule has 3 rings (SSSR count). The molecule has 0 spiro atoms. The maximum absolute atomic E-state index is 12.7. The van der Waals surface area contributed by atoms with Gasteiger partial charge in [0.15, 0.2) is 0 Å². The molecule has 0 amide bonds. The second kappa shape index (κ2) is 13.2. The molecule has 2 aliphatic carbocycles. The third-order valence-electron chi connectivity index (χ3n) is 7.98. The summed E-state index contributed by atoms with van der Waals surface area (Å²) in [5.41, 5.74) is 3.41. The van der Waals surface area contributed by atoms with Crippen molar-refractivity contribution in [2.45, 2.75) is 117 Å². The lowest BCUT2D eigenvalue weighted by atomic mass is 9.81. The van der Waals surface area contributed by atoms with Gasteiger partial charge in [0.1, 0.15) is 6.10 Å². The molecular formula is C30H46O2. The van der Waals surface area contributed by atoms with Crippen LogP contribution in [0.15, 0.2) is 30.3 Å². The molecule has 0 aliphatic heterocycles. The average molecular weight is 439 g/mol.